The van der Waals surface area contributed by atoms with Gasteiger partial charge in [-0.3, -0.25) is 14.2 Å². The van der Waals surface area contributed by atoms with E-state index in [9.17, 15) is 18.8 Å². The maximum Gasteiger partial charge on any atom is 0.351 e. The topological polar surface area (TPSA) is 86.0 Å². The number of carbonyl (C=O) groups is 1. The van der Waals surface area contributed by atoms with Crippen molar-refractivity contribution in [2.24, 2.45) is 7.05 Å². The molecule has 3 aromatic rings. The molecule has 7 nitrogen and oxygen atoms in total. The number of hydrogen-bond donors (Lipinski definition) is 1. The van der Waals surface area contributed by atoms with Crippen LogP contribution in [0.2, 0.25) is 0 Å². The number of aromatic nitrogens is 3. The van der Waals surface area contributed by atoms with Gasteiger partial charge in [-0.1, -0.05) is 19.1 Å². The molecule has 1 heterocycles. The SMILES string of the molecule is CCc1ccc(NC(=O)c2nn(-c3ccc(F)cc3)c(=O)n(C)c2=O)cc1. The van der Waals surface area contributed by atoms with Crippen molar-refractivity contribution in [2.45, 2.75) is 13.3 Å². The molecule has 0 radical (unpaired) electrons. The van der Waals surface area contributed by atoms with Gasteiger partial charge in [0.05, 0.1) is 5.69 Å². The maximum atomic E-state index is 13.1. The van der Waals surface area contributed by atoms with E-state index in [2.05, 4.69) is 10.4 Å². The van der Waals surface area contributed by atoms with Crippen LogP contribution in [0.25, 0.3) is 5.69 Å². The van der Waals surface area contributed by atoms with E-state index in [1.807, 2.05) is 19.1 Å². The lowest BCUT2D eigenvalue weighted by Crippen LogP contribution is -2.43. The third-order valence-electron chi connectivity index (χ3n) is 4.08. The molecule has 1 aromatic heterocycles. The number of benzene rings is 2. The Morgan fingerprint density at radius 3 is 2.30 bits per heavy atom. The van der Waals surface area contributed by atoms with E-state index >= 15 is 0 Å². The van der Waals surface area contributed by atoms with Crippen LogP contribution in [0, 0.1) is 5.82 Å². The summed E-state index contributed by atoms with van der Waals surface area (Å²) in [6.07, 6.45) is 0.860. The van der Waals surface area contributed by atoms with E-state index in [4.69, 9.17) is 0 Å². The van der Waals surface area contributed by atoms with Crippen LogP contribution in [0.1, 0.15) is 23.0 Å². The summed E-state index contributed by atoms with van der Waals surface area (Å²) in [7, 11) is 1.25. The Kier molecular flexibility index (Phi) is 4.98. The highest BCUT2D eigenvalue weighted by Gasteiger charge is 2.19. The summed E-state index contributed by atoms with van der Waals surface area (Å²) in [6.45, 7) is 2.01. The number of aryl methyl sites for hydroxylation is 1. The minimum absolute atomic E-state index is 0.235. The summed E-state index contributed by atoms with van der Waals surface area (Å²) in [5.74, 6) is -1.22. The zero-order chi connectivity index (χ0) is 19.6. The van der Waals surface area contributed by atoms with Gasteiger partial charge in [0.1, 0.15) is 5.82 Å². The van der Waals surface area contributed by atoms with E-state index in [1.54, 1.807) is 12.1 Å². The highest BCUT2D eigenvalue weighted by molar-refractivity contribution is 6.02. The fourth-order valence-electron chi connectivity index (χ4n) is 2.48. The summed E-state index contributed by atoms with van der Waals surface area (Å²) in [6, 6.07) is 12.1. The molecule has 0 saturated heterocycles. The van der Waals surface area contributed by atoms with E-state index in [0.29, 0.717) is 5.69 Å². The van der Waals surface area contributed by atoms with Gasteiger partial charge in [-0.25, -0.2) is 9.18 Å². The predicted molar refractivity (Wildman–Crippen MR) is 98.8 cm³/mol. The lowest BCUT2D eigenvalue weighted by molar-refractivity contribution is 0.101. The summed E-state index contributed by atoms with van der Waals surface area (Å²) < 4.78 is 14.8. The number of rotatable bonds is 4. The molecule has 0 spiro atoms. The molecule has 0 bridgehead atoms. The van der Waals surface area contributed by atoms with Crippen molar-refractivity contribution in [3.05, 3.63) is 86.4 Å². The second kappa shape index (κ2) is 7.36. The van der Waals surface area contributed by atoms with Gasteiger partial charge < -0.3 is 5.32 Å². The van der Waals surface area contributed by atoms with E-state index in [0.717, 1.165) is 33.4 Å². The third-order valence-corrected chi connectivity index (χ3v) is 4.08. The minimum Gasteiger partial charge on any atom is -0.320 e. The Labute approximate surface area is 153 Å². The third kappa shape index (κ3) is 3.69. The standard InChI is InChI=1S/C19H17FN4O3/c1-3-12-4-8-14(9-5-12)21-17(25)16-18(26)23(2)19(27)24(22-16)15-10-6-13(20)7-11-15/h4-11H,3H2,1-2H3,(H,21,25). The van der Waals surface area contributed by atoms with Crippen LogP contribution < -0.4 is 16.6 Å². The Morgan fingerprint density at radius 2 is 1.70 bits per heavy atom. The van der Waals surface area contributed by atoms with Gasteiger partial charge in [-0.2, -0.15) is 9.78 Å². The Bertz CT molecular complexity index is 1100. The fraction of sp³-hybridized carbons (Fsp3) is 0.158. The molecule has 0 fully saturated rings. The number of carbonyl (C=O) groups excluding carboxylic acids is 1. The summed E-state index contributed by atoms with van der Waals surface area (Å²) in [5.41, 5.74) is -0.164. The molecule has 0 atom stereocenters. The van der Waals surface area contributed by atoms with Crippen molar-refractivity contribution in [3.63, 3.8) is 0 Å². The van der Waals surface area contributed by atoms with Crippen LogP contribution in [-0.4, -0.2) is 20.3 Å². The molecule has 0 aliphatic heterocycles. The van der Waals surface area contributed by atoms with Crippen molar-refractivity contribution < 1.29 is 9.18 Å². The predicted octanol–water partition coefficient (Wildman–Crippen LogP) is 1.88. The molecule has 1 N–H and O–H groups in total. The second-order valence-electron chi connectivity index (χ2n) is 5.89. The molecule has 0 unspecified atom stereocenters. The average Bonchev–Trinajstić information content (AvgIpc) is 2.68. The second-order valence-corrected chi connectivity index (χ2v) is 5.89. The number of nitrogens with one attached hydrogen (secondary N) is 1. The first-order chi connectivity index (χ1) is 12.9. The fourth-order valence-corrected chi connectivity index (χ4v) is 2.48. The molecular weight excluding hydrogens is 351 g/mol. The van der Waals surface area contributed by atoms with Crippen LogP contribution in [-0.2, 0) is 13.5 Å². The van der Waals surface area contributed by atoms with Crippen LogP contribution in [0.5, 0.6) is 0 Å². The van der Waals surface area contributed by atoms with Gasteiger partial charge in [0.15, 0.2) is 0 Å². The highest BCUT2D eigenvalue weighted by Crippen LogP contribution is 2.11. The van der Waals surface area contributed by atoms with Crippen LogP contribution >= 0.6 is 0 Å². The molecule has 27 heavy (non-hydrogen) atoms. The Morgan fingerprint density at radius 1 is 1.07 bits per heavy atom. The molecule has 3 rings (SSSR count). The van der Waals surface area contributed by atoms with Gasteiger partial charge >= 0.3 is 5.69 Å². The monoisotopic (exact) mass is 368 g/mol. The van der Waals surface area contributed by atoms with Gasteiger partial charge in [0.2, 0.25) is 5.69 Å². The summed E-state index contributed by atoms with van der Waals surface area (Å²) in [5, 5.41) is 6.49. The lowest BCUT2D eigenvalue weighted by Gasteiger charge is -2.10. The number of nitrogens with zero attached hydrogens (tertiary/aromatic N) is 3. The molecule has 2 aromatic carbocycles. The number of hydrogen-bond acceptors (Lipinski definition) is 4. The highest BCUT2D eigenvalue weighted by atomic mass is 19.1. The van der Waals surface area contributed by atoms with Crippen LogP contribution in [0.3, 0.4) is 0 Å². The molecule has 138 valence electrons. The zero-order valence-electron chi connectivity index (χ0n) is 14.8. The smallest absolute Gasteiger partial charge is 0.320 e. The molecule has 0 aliphatic carbocycles. The van der Waals surface area contributed by atoms with Crippen molar-refractivity contribution in [1.29, 1.82) is 0 Å². The van der Waals surface area contributed by atoms with E-state index < -0.39 is 28.7 Å². The molecule has 0 saturated carbocycles. The first kappa shape index (κ1) is 18.2. The van der Waals surface area contributed by atoms with Crippen molar-refractivity contribution in [2.75, 3.05) is 5.32 Å². The van der Waals surface area contributed by atoms with Gasteiger partial charge in [-0.15, -0.1) is 0 Å². The zero-order valence-corrected chi connectivity index (χ0v) is 14.8. The Hall–Kier alpha value is -3.55. The van der Waals surface area contributed by atoms with Crippen LogP contribution in [0.15, 0.2) is 58.1 Å². The number of halogens is 1. The lowest BCUT2D eigenvalue weighted by atomic mass is 10.1. The summed E-state index contributed by atoms with van der Waals surface area (Å²) in [4.78, 5) is 37.2. The average molecular weight is 368 g/mol. The van der Waals surface area contributed by atoms with Crippen molar-refractivity contribution >= 4 is 11.6 Å². The normalized spacial score (nSPS) is 10.6. The van der Waals surface area contributed by atoms with Crippen molar-refractivity contribution in [1.82, 2.24) is 14.3 Å². The van der Waals surface area contributed by atoms with E-state index in [1.165, 1.54) is 19.2 Å². The van der Waals surface area contributed by atoms with Gasteiger partial charge in [-0.05, 0) is 48.4 Å². The van der Waals surface area contributed by atoms with Gasteiger partial charge in [0, 0.05) is 12.7 Å². The van der Waals surface area contributed by atoms with Crippen molar-refractivity contribution in [3.8, 4) is 5.69 Å². The first-order valence-corrected chi connectivity index (χ1v) is 8.27. The molecule has 8 heteroatoms. The van der Waals surface area contributed by atoms with Gasteiger partial charge in [0.25, 0.3) is 11.5 Å². The maximum absolute atomic E-state index is 13.1. The Balaban J connectivity index is 2.01. The number of anilines is 1. The van der Waals surface area contributed by atoms with Crippen LogP contribution in [0.4, 0.5) is 10.1 Å². The first-order valence-electron chi connectivity index (χ1n) is 8.27. The largest absolute Gasteiger partial charge is 0.351 e. The summed E-state index contributed by atoms with van der Waals surface area (Å²) >= 11 is 0. The van der Waals surface area contributed by atoms with E-state index in [-0.39, 0.29) is 5.69 Å². The molecule has 0 aliphatic rings. The number of amides is 1. The molecule has 1 amide bonds. The quantitative estimate of drug-likeness (QED) is 0.762. The molecular formula is C19H17FN4O3. The minimum atomic E-state index is -0.818.